The molecular weight excluding hydrogens is 366 g/mol. The minimum Gasteiger partial charge on any atom is -0.384 e. The molecule has 0 spiro atoms. The van der Waals surface area contributed by atoms with Crippen LogP contribution >= 0.6 is 0 Å². The van der Waals surface area contributed by atoms with Gasteiger partial charge in [-0.1, -0.05) is 30.9 Å². The molecule has 146 valence electrons. The first-order valence-corrected chi connectivity index (χ1v) is 9.03. The van der Waals surface area contributed by atoms with E-state index in [1.54, 1.807) is 31.4 Å². The molecule has 0 aliphatic rings. The molecule has 0 atom stereocenters. The highest BCUT2D eigenvalue weighted by Crippen LogP contribution is 2.23. The number of nitrogens with two attached hydrogens (primary N) is 1. The highest BCUT2D eigenvalue weighted by atomic mass is 16.7. The molecular formula is C22H21N5O2. The van der Waals surface area contributed by atoms with Crippen LogP contribution in [0.2, 0.25) is 0 Å². The first kappa shape index (κ1) is 20.0. The number of rotatable bonds is 4. The van der Waals surface area contributed by atoms with Crippen LogP contribution in [0.25, 0.3) is 11.3 Å². The molecule has 0 aliphatic carbocycles. The molecule has 0 saturated carbocycles. The van der Waals surface area contributed by atoms with E-state index in [0.717, 1.165) is 22.4 Å². The number of pyridine rings is 1. The van der Waals surface area contributed by atoms with E-state index in [4.69, 9.17) is 10.6 Å². The number of aryl methyl sites for hydroxylation is 1. The van der Waals surface area contributed by atoms with Gasteiger partial charge in [-0.05, 0) is 30.7 Å². The van der Waals surface area contributed by atoms with Gasteiger partial charge in [0.05, 0.1) is 24.1 Å². The first-order chi connectivity index (χ1) is 14.0. The van der Waals surface area contributed by atoms with Gasteiger partial charge >= 0.3 is 0 Å². The predicted octanol–water partition coefficient (Wildman–Crippen LogP) is 2.72. The molecule has 0 fully saturated rings. The molecule has 0 bridgehead atoms. The second kappa shape index (κ2) is 8.95. The van der Waals surface area contributed by atoms with Gasteiger partial charge in [0.25, 0.3) is 5.91 Å². The van der Waals surface area contributed by atoms with E-state index in [1.807, 2.05) is 25.1 Å². The van der Waals surface area contributed by atoms with Gasteiger partial charge in [-0.3, -0.25) is 9.63 Å². The minimum atomic E-state index is -0.230. The number of hydrogen-bond donors (Lipinski definition) is 1. The van der Waals surface area contributed by atoms with Crippen LogP contribution in [0.5, 0.6) is 0 Å². The van der Waals surface area contributed by atoms with Crippen LogP contribution in [-0.4, -0.2) is 40.1 Å². The Bertz CT molecular complexity index is 1070. The quantitative estimate of drug-likeness (QED) is 0.546. The average molecular weight is 387 g/mol. The third kappa shape index (κ3) is 4.57. The summed E-state index contributed by atoms with van der Waals surface area (Å²) in [5.41, 5.74) is 10.1. The maximum atomic E-state index is 12.2. The largest absolute Gasteiger partial charge is 0.384 e. The van der Waals surface area contributed by atoms with E-state index in [1.165, 1.54) is 18.5 Å². The summed E-state index contributed by atoms with van der Waals surface area (Å²) in [4.78, 5) is 30.0. The monoisotopic (exact) mass is 387 g/mol. The Morgan fingerprint density at radius 3 is 2.48 bits per heavy atom. The topological polar surface area (TPSA) is 94.2 Å². The molecule has 0 unspecified atom stereocenters. The highest BCUT2D eigenvalue weighted by molar-refractivity contribution is 5.93. The Morgan fingerprint density at radius 1 is 1.10 bits per heavy atom. The molecule has 7 heteroatoms. The third-order valence-electron chi connectivity index (χ3n) is 4.34. The van der Waals surface area contributed by atoms with Crippen molar-refractivity contribution in [2.75, 3.05) is 19.9 Å². The van der Waals surface area contributed by atoms with Gasteiger partial charge in [0.2, 0.25) is 0 Å². The van der Waals surface area contributed by atoms with Gasteiger partial charge in [-0.15, -0.1) is 0 Å². The predicted molar refractivity (Wildman–Crippen MR) is 111 cm³/mol. The lowest BCUT2D eigenvalue weighted by Crippen LogP contribution is -2.25. The molecule has 3 aromatic rings. The Balaban J connectivity index is 2.00. The van der Waals surface area contributed by atoms with Crippen molar-refractivity contribution >= 4 is 11.7 Å². The molecule has 29 heavy (non-hydrogen) atoms. The van der Waals surface area contributed by atoms with Gasteiger partial charge in [0.1, 0.15) is 12.1 Å². The fraction of sp³-hybridized carbons (Fsp3) is 0.182. The van der Waals surface area contributed by atoms with E-state index in [0.29, 0.717) is 23.5 Å². The second-order valence-electron chi connectivity index (χ2n) is 6.18. The number of hydrogen-bond acceptors (Lipinski definition) is 6. The number of carbonyl (C=O) groups excluding carboxylic acids is 1. The van der Waals surface area contributed by atoms with Crippen LogP contribution < -0.4 is 5.73 Å². The Labute approximate surface area is 169 Å². The molecule has 0 saturated heterocycles. The maximum Gasteiger partial charge on any atom is 0.277 e. The number of hydroxylamine groups is 2. The van der Waals surface area contributed by atoms with Crippen molar-refractivity contribution < 1.29 is 9.63 Å². The fourth-order valence-electron chi connectivity index (χ4n) is 2.69. The zero-order valence-electron chi connectivity index (χ0n) is 16.5. The molecule has 3 rings (SSSR count). The Morgan fingerprint density at radius 2 is 1.86 bits per heavy atom. The SMILES string of the molecule is CCc1ncnc(-c2ccc(C(=O)N(C)OC)cc2)c1C#Cc1ccc(N)nc1. The maximum absolute atomic E-state index is 12.2. The van der Waals surface area contributed by atoms with Crippen molar-refractivity contribution in [3.8, 4) is 23.1 Å². The van der Waals surface area contributed by atoms with Crippen molar-refractivity contribution in [1.29, 1.82) is 0 Å². The number of carbonyl (C=O) groups is 1. The number of aromatic nitrogens is 3. The summed E-state index contributed by atoms with van der Waals surface area (Å²) in [6.45, 7) is 2.02. The lowest BCUT2D eigenvalue weighted by atomic mass is 10.0. The normalized spacial score (nSPS) is 10.2. The van der Waals surface area contributed by atoms with Gasteiger partial charge in [-0.25, -0.2) is 20.0 Å². The highest BCUT2D eigenvalue weighted by Gasteiger charge is 2.14. The van der Waals surface area contributed by atoms with Crippen LogP contribution in [0.4, 0.5) is 5.82 Å². The van der Waals surface area contributed by atoms with E-state index >= 15 is 0 Å². The average Bonchev–Trinajstić information content (AvgIpc) is 2.77. The van der Waals surface area contributed by atoms with E-state index in [9.17, 15) is 4.79 Å². The van der Waals surface area contributed by atoms with Crippen molar-refractivity contribution in [1.82, 2.24) is 20.0 Å². The number of anilines is 1. The molecule has 1 aromatic carbocycles. The smallest absolute Gasteiger partial charge is 0.277 e. The zero-order valence-corrected chi connectivity index (χ0v) is 16.5. The zero-order chi connectivity index (χ0) is 20.8. The third-order valence-corrected chi connectivity index (χ3v) is 4.34. The van der Waals surface area contributed by atoms with Crippen molar-refractivity contribution in [3.63, 3.8) is 0 Å². The fourth-order valence-corrected chi connectivity index (χ4v) is 2.69. The molecule has 2 aromatic heterocycles. The molecule has 2 N–H and O–H groups in total. The molecule has 2 heterocycles. The molecule has 0 radical (unpaired) electrons. The van der Waals surface area contributed by atoms with E-state index in [2.05, 4.69) is 26.8 Å². The first-order valence-electron chi connectivity index (χ1n) is 9.03. The van der Waals surface area contributed by atoms with E-state index < -0.39 is 0 Å². The lowest BCUT2D eigenvalue weighted by Gasteiger charge is -2.14. The number of benzene rings is 1. The summed E-state index contributed by atoms with van der Waals surface area (Å²) in [7, 11) is 3.01. The van der Waals surface area contributed by atoms with Crippen LogP contribution in [0, 0.1) is 11.8 Å². The standard InChI is InChI=1S/C22H21N5O2/c1-4-19-18(11-5-15-6-12-20(23)24-13-15)21(26-14-25-19)16-7-9-17(10-8-16)22(28)27(2)29-3/h6-10,12-14H,4H2,1-3H3,(H2,23,24). The van der Waals surface area contributed by atoms with Gasteiger partial charge in [0, 0.05) is 29.9 Å². The summed E-state index contributed by atoms with van der Waals surface area (Å²) in [6, 6.07) is 10.7. The lowest BCUT2D eigenvalue weighted by molar-refractivity contribution is -0.0756. The van der Waals surface area contributed by atoms with Gasteiger partial charge in [0.15, 0.2) is 0 Å². The second-order valence-corrected chi connectivity index (χ2v) is 6.18. The Kier molecular flexibility index (Phi) is 6.17. The summed E-state index contributed by atoms with van der Waals surface area (Å²) >= 11 is 0. The Hall–Kier alpha value is -3.76. The molecule has 0 aliphatic heterocycles. The summed E-state index contributed by atoms with van der Waals surface area (Å²) < 4.78 is 0. The van der Waals surface area contributed by atoms with E-state index in [-0.39, 0.29) is 5.91 Å². The number of amides is 1. The van der Waals surface area contributed by atoms with Gasteiger partial charge < -0.3 is 5.73 Å². The van der Waals surface area contributed by atoms with Crippen LogP contribution in [0.3, 0.4) is 0 Å². The van der Waals surface area contributed by atoms with Gasteiger partial charge in [-0.2, -0.15) is 0 Å². The van der Waals surface area contributed by atoms with Crippen LogP contribution in [0.15, 0.2) is 48.9 Å². The van der Waals surface area contributed by atoms with Crippen molar-refractivity contribution in [2.24, 2.45) is 0 Å². The number of nitrogen functional groups attached to an aromatic ring is 1. The van der Waals surface area contributed by atoms with Crippen molar-refractivity contribution in [3.05, 3.63) is 71.3 Å². The van der Waals surface area contributed by atoms with Crippen molar-refractivity contribution in [2.45, 2.75) is 13.3 Å². The van der Waals surface area contributed by atoms with Crippen LogP contribution in [-0.2, 0) is 11.3 Å². The molecule has 7 nitrogen and oxygen atoms in total. The minimum absolute atomic E-state index is 0.230. The molecule has 1 amide bonds. The van der Waals surface area contributed by atoms with Crippen LogP contribution in [0.1, 0.15) is 34.1 Å². The number of nitrogens with zero attached hydrogens (tertiary/aromatic N) is 4. The summed E-state index contributed by atoms with van der Waals surface area (Å²) in [6.07, 6.45) is 3.88. The summed E-state index contributed by atoms with van der Waals surface area (Å²) in [5, 5.41) is 1.17. The summed E-state index contributed by atoms with van der Waals surface area (Å²) in [5.74, 6) is 6.50.